The lowest BCUT2D eigenvalue weighted by atomic mass is 10.2. The van der Waals surface area contributed by atoms with E-state index in [1.165, 1.54) is 0 Å². The predicted octanol–water partition coefficient (Wildman–Crippen LogP) is 1.29. The average molecular weight is 141 g/mol. The maximum Gasteiger partial charge on any atom is 0.110 e. The molecule has 0 aromatic heterocycles. The summed E-state index contributed by atoms with van der Waals surface area (Å²) in [4.78, 5) is 0. The lowest BCUT2D eigenvalue weighted by molar-refractivity contribution is 0.135. The first-order chi connectivity index (χ1) is 4.93. The predicted molar refractivity (Wildman–Crippen MR) is 41.8 cm³/mol. The normalized spacial score (nSPS) is 29.9. The largest absolute Gasteiger partial charge is 0.497 e. The zero-order valence-electron chi connectivity index (χ0n) is 6.47. The molecule has 10 heavy (non-hydrogen) atoms. The Kier molecular flexibility index (Phi) is 3.30. The van der Waals surface area contributed by atoms with Crippen molar-refractivity contribution in [1.29, 1.82) is 0 Å². The molecule has 1 aliphatic rings. The van der Waals surface area contributed by atoms with Crippen LogP contribution < -0.4 is 5.32 Å². The van der Waals surface area contributed by atoms with Crippen LogP contribution in [0.4, 0.5) is 0 Å². The molecule has 1 heterocycles. The monoisotopic (exact) mass is 141 g/mol. The Morgan fingerprint density at radius 3 is 3.40 bits per heavy atom. The fourth-order valence-corrected chi connectivity index (χ4v) is 0.972. The van der Waals surface area contributed by atoms with Gasteiger partial charge in [-0.05, 0) is 25.5 Å². The molecular weight excluding hydrogens is 126 g/mol. The van der Waals surface area contributed by atoms with Crippen molar-refractivity contribution in [1.82, 2.24) is 5.32 Å². The Morgan fingerprint density at radius 2 is 2.60 bits per heavy atom. The Morgan fingerprint density at radius 1 is 1.70 bits per heavy atom. The summed E-state index contributed by atoms with van der Waals surface area (Å²) in [5.74, 6) is 0. The lowest BCUT2D eigenvalue weighted by Crippen LogP contribution is -2.29. The molecule has 0 aromatic carbocycles. The van der Waals surface area contributed by atoms with Crippen molar-refractivity contribution in [3.05, 3.63) is 12.3 Å². The van der Waals surface area contributed by atoms with Crippen LogP contribution in [-0.4, -0.2) is 19.2 Å². The van der Waals surface area contributed by atoms with Crippen molar-refractivity contribution in [2.24, 2.45) is 0 Å². The highest BCUT2D eigenvalue weighted by atomic mass is 16.5. The summed E-state index contributed by atoms with van der Waals surface area (Å²) in [7, 11) is 0. The van der Waals surface area contributed by atoms with Gasteiger partial charge < -0.3 is 10.1 Å². The van der Waals surface area contributed by atoms with Gasteiger partial charge in [-0.1, -0.05) is 6.92 Å². The van der Waals surface area contributed by atoms with Gasteiger partial charge in [0.15, 0.2) is 0 Å². The molecule has 0 saturated heterocycles. The zero-order valence-corrected chi connectivity index (χ0v) is 6.47. The van der Waals surface area contributed by atoms with E-state index < -0.39 is 0 Å². The summed E-state index contributed by atoms with van der Waals surface area (Å²) in [6, 6.07) is 0. The van der Waals surface area contributed by atoms with E-state index in [9.17, 15) is 0 Å². The van der Waals surface area contributed by atoms with Gasteiger partial charge in [-0.15, -0.1) is 0 Å². The molecule has 1 rings (SSSR count). The molecule has 0 fully saturated rings. The Hall–Kier alpha value is -0.500. The van der Waals surface area contributed by atoms with Crippen LogP contribution in [-0.2, 0) is 4.74 Å². The van der Waals surface area contributed by atoms with Crippen LogP contribution in [0.3, 0.4) is 0 Å². The van der Waals surface area contributed by atoms with Gasteiger partial charge in [0.05, 0.1) is 6.26 Å². The lowest BCUT2D eigenvalue weighted by Gasteiger charge is -2.16. The summed E-state index contributed by atoms with van der Waals surface area (Å²) in [5, 5.41) is 3.31. The molecule has 0 aliphatic carbocycles. The average Bonchev–Trinajstić information content (AvgIpc) is 1.87. The van der Waals surface area contributed by atoms with Crippen LogP contribution in [0, 0.1) is 0 Å². The summed E-state index contributed by atoms with van der Waals surface area (Å²) in [5.41, 5.74) is 0. The van der Waals surface area contributed by atoms with Gasteiger partial charge in [0.2, 0.25) is 0 Å². The van der Waals surface area contributed by atoms with Crippen molar-refractivity contribution < 1.29 is 4.74 Å². The first kappa shape index (κ1) is 7.61. The SMILES string of the molecule is CCC1CNCC/C=C\O1. The van der Waals surface area contributed by atoms with E-state index in [2.05, 4.69) is 18.3 Å². The quantitative estimate of drug-likeness (QED) is 0.594. The first-order valence-corrected chi connectivity index (χ1v) is 3.94. The van der Waals surface area contributed by atoms with Crippen LogP contribution in [0.2, 0.25) is 0 Å². The number of hydrogen-bond acceptors (Lipinski definition) is 2. The van der Waals surface area contributed by atoms with Crippen LogP contribution in [0.25, 0.3) is 0 Å². The molecular formula is C8H15NO. The maximum atomic E-state index is 5.39. The van der Waals surface area contributed by atoms with E-state index in [-0.39, 0.29) is 0 Å². The van der Waals surface area contributed by atoms with E-state index >= 15 is 0 Å². The third kappa shape index (κ3) is 2.40. The minimum absolute atomic E-state index is 0.372. The van der Waals surface area contributed by atoms with E-state index in [1.807, 2.05) is 6.26 Å². The molecule has 1 N–H and O–H groups in total. The first-order valence-electron chi connectivity index (χ1n) is 3.94. The maximum absolute atomic E-state index is 5.39. The molecule has 0 bridgehead atoms. The molecule has 1 atom stereocenters. The minimum atomic E-state index is 0.372. The Labute approximate surface area is 62.3 Å². The van der Waals surface area contributed by atoms with Crippen LogP contribution in [0.15, 0.2) is 12.3 Å². The van der Waals surface area contributed by atoms with Gasteiger partial charge >= 0.3 is 0 Å². The van der Waals surface area contributed by atoms with Gasteiger partial charge in [0.1, 0.15) is 6.10 Å². The molecule has 58 valence electrons. The van der Waals surface area contributed by atoms with E-state index in [0.29, 0.717) is 6.10 Å². The smallest absolute Gasteiger partial charge is 0.110 e. The molecule has 1 aliphatic heterocycles. The number of ether oxygens (including phenoxy) is 1. The van der Waals surface area contributed by atoms with E-state index in [1.54, 1.807) is 0 Å². The van der Waals surface area contributed by atoms with Gasteiger partial charge in [-0.2, -0.15) is 0 Å². The molecule has 2 nitrogen and oxygen atoms in total. The van der Waals surface area contributed by atoms with Gasteiger partial charge in [0.25, 0.3) is 0 Å². The van der Waals surface area contributed by atoms with Crippen molar-refractivity contribution in [3.8, 4) is 0 Å². The second-order valence-corrected chi connectivity index (χ2v) is 2.53. The van der Waals surface area contributed by atoms with E-state index in [0.717, 1.165) is 25.9 Å². The summed E-state index contributed by atoms with van der Waals surface area (Å²) in [6.45, 7) is 4.21. The Balaban J connectivity index is 2.30. The van der Waals surface area contributed by atoms with Crippen LogP contribution >= 0.6 is 0 Å². The summed E-state index contributed by atoms with van der Waals surface area (Å²) < 4.78 is 5.39. The molecule has 0 amide bonds. The van der Waals surface area contributed by atoms with E-state index in [4.69, 9.17) is 4.74 Å². The fraction of sp³-hybridized carbons (Fsp3) is 0.750. The molecule has 0 radical (unpaired) electrons. The third-order valence-electron chi connectivity index (χ3n) is 1.68. The topological polar surface area (TPSA) is 21.3 Å². The highest BCUT2D eigenvalue weighted by Crippen LogP contribution is 1.99. The molecule has 0 spiro atoms. The minimum Gasteiger partial charge on any atom is -0.497 e. The van der Waals surface area contributed by atoms with Crippen molar-refractivity contribution in [2.45, 2.75) is 25.9 Å². The molecule has 1 unspecified atom stereocenters. The van der Waals surface area contributed by atoms with Crippen molar-refractivity contribution >= 4 is 0 Å². The fourth-order valence-electron chi connectivity index (χ4n) is 0.972. The van der Waals surface area contributed by atoms with Gasteiger partial charge in [-0.3, -0.25) is 0 Å². The van der Waals surface area contributed by atoms with Crippen molar-refractivity contribution in [3.63, 3.8) is 0 Å². The standard InChI is InChI=1S/C8H15NO/c1-2-8-7-9-5-3-4-6-10-8/h4,6,8-9H,2-3,5,7H2,1H3/b6-4-. The van der Waals surface area contributed by atoms with Crippen LogP contribution in [0.1, 0.15) is 19.8 Å². The number of rotatable bonds is 1. The second kappa shape index (κ2) is 4.34. The zero-order chi connectivity index (χ0) is 7.23. The second-order valence-electron chi connectivity index (χ2n) is 2.53. The highest BCUT2D eigenvalue weighted by Gasteiger charge is 2.04. The molecule has 2 heteroatoms. The Bertz CT molecular complexity index is 112. The third-order valence-corrected chi connectivity index (χ3v) is 1.68. The van der Waals surface area contributed by atoms with Gasteiger partial charge in [0, 0.05) is 6.54 Å². The van der Waals surface area contributed by atoms with Crippen molar-refractivity contribution in [2.75, 3.05) is 13.1 Å². The molecule has 0 saturated carbocycles. The summed E-state index contributed by atoms with van der Waals surface area (Å²) in [6.07, 6.45) is 6.42. The molecule has 0 aromatic rings. The van der Waals surface area contributed by atoms with Crippen LogP contribution in [0.5, 0.6) is 0 Å². The highest BCUT2D eigenvalue weighted by molar-refractivity contribution is 4.79. The number of hydrogen-bond donors (Lipinski definition) is 1. The van der Waals surface area contributed by atoms with Gasteiger partial charge in [-0.25, -0.2) is 0 Å². The summed E-state index contributed by atoms with van der Waals surface area (Å²) >= 11 is 0. The number of nitrogens with one attached hydrogen (secondary N) is 1.